The van der Waals surface area contributed by atoms with Crippen LogP contribution in [-0.4, -0.2) is 168 Å². The van der Waals surface area contributed by atoms with Crippen LogP contribution in [0, 0.1) is 0 Å². The Balaban J connectivity index is 0.772. The van der Waals surface area contributed by atoms with Gasteiger partial charge < -0.3 is 51.5 Å². The van der Waals surface area contributed by atoms with Crippen molar-refractivity contribution in [2.24, 2.45) is 0 Å². The lowest BCUT2D eigenvalue weighted by molar-refractivity contribution is -0.147. The minimum absolute atomic E-state index is 0.0351. The predicted molar refractivity (Wildman–Crippen MR) is 288 cm³/mol. The molecule has 6 fully saturated rings. The summed E-state index contributed by atoms with van der Waals surface area (Å²) in [4.78, 5) is 117. The fourth-order valence-electron chi connectivity index (χ4n) is 12.4. The molecular weight excluding hydrogens is 965 g/mol. The van der Waals surface area contributed by atoms with Gasteiger partial charge in [0.05, 0.1) is 12.1 Å². The van der Waals surface area contributed by atoms with Gasteiger partial charge in [-0.2, -0.15) is 0 Å². The van der Waals surface area contributed by atoms with Crippen LogP contribution < -0.4 is 31.9 Å². The minimum atomic E-state index is -0.989. The maximum Gasteiger partial charge on any atom is 0.247 e. The predicted octanol–water partition coefficient (Wildman–Crippen LogP) is 3.60. The van der Waals surface area contributed by atoms with Gasteiger partial charge in [0.15, 0.2) is 0 Å². The van der Waals surface area contributed by atoms with Crippen molar-refractivity contribution >= 4 is 47.3 Å². The van der Waals surface area contributed by atoms with Crippen molar-refractivity contribution in [3.05, 3.63) is 71.8 Å². The van der Waals surface area contributed by atoms with Gasteiger partial charge in [-0.15, -0.1) is 0 Å². The lowest BCUT2D eigenvalue weighted by Gasteiger charge is -2.40. The Morgan fingerprint density at radius 2 is 0.868 bits per heavy atom. The van der Waals surface area contributed by atoms with Crippen LogP contribution in [0.15, 0.2) is 60.7 Å². The van der Waals surface area contributed by atoms with E-state index in [1.165, 1.54) is 11.1 Å². The molecule has 0 radical (unpaired) electrons. The summed E-state index contributed by atoms with van der Waals surface area (Å²) in [6.07, 6.45) is 12.2. The highest BCUT2D eigenvalue weighted by Gasteiger charge is 2.48. The van der Waals surface area contributed by atoms with Gasteiger partial charge in [0, 0.05) is 63.2 Å². The first-order valence-corrected chi connectivity index (χ1v) is 28.6. The molecule has 0 spiro atoms. The third-order valence-electron chi connectivity index (χ3n) is 17.5. The number of nitrogens with one attached hydrogen (secondary N) is 6. The number of unbranched alkanes of at least 4 members (excludes halogenated alkanes) is 5. The monoisotopic (exact) mass is 1050 g/mol. The Morgan fingerprint density at radius 1 is 0.500 bits per heavy atom. The Morgan fingerprint density at radius 3 is 1.24 bits per heavy atom. The lowest BCUT2D eigenvalue weighted by atomic mass is 9.76. The van der Waals surface area contributed by atoms with Gasteiger partial charge in [0.1, 0.15) is 24.2 Å². The fourth-order valence-corrected chi connectivity index (χ4v) is 12.4. The molecule has 6 aliphatic rings. The third-order valence-corrected chi connectivity index (χ3v) is 17.5. The molecule has 4 heterocycles. The molecule has 2 aromatic carbocycles. The molecular formula is C58H84N10O8. The normalized spacial score (nSPS) is 28.2. The Hall–Kier alpha value is -5.88. The van der Waals surface area contributed by atoms with Crippen LogP contribution in [-0.2, 0) is 38.4 Å². The molecule has 18 nitrogen and oxygen atoms in total. The summed E-state index contributed by atoms with van der Waals surface area (Å²) in [5, 5.41) is 18.1. The van der Waals surface area contributed by atoms with Crippen molar-refractivity contribution in [3.8, 4) is 0 Å². The number of carbonyl (C=O) groups excluding carboxylic acids is 8. The van der Waals surface area contributed by atoms with Crippen molar-refractivity contribution in [3.63, 3.8) is 0 Å². The molecule has 8 atom stereocenters. The number of likely N-dealkylation sites (N-methyl/N-ethyl adjacent to an activating group) is 2. The molecule has 2 aliphatic carbocycles. The zero-order chi connectivity index (χ0) is 53.9. The van der Waals surface area contributed by atoms with Crippen molar-refractivity contribution in [2.75, 3.05) is 40.3 Å². The summed E-state index contributed by atoms with van der Waals surface area (Å²) >= 11 is 0. The van der Waals surface area contributed by atoms with Gasteiger partial charge in [0.25, 0.3) is 0 Å². The topological polar surface area (TPSA) is 222 Å². The first-order valence-electron chi connectivity index (χ1n) is 28.6. The molecule has 4 aliphatic heterocycles. The van der Waals surface area contributed by atoms with Crippen molar-refractivity contribution < 1.29 is 38.4 Å². The molecule has 6 N–H and O–H groups in total. The number of benzene rings is 2. The number of amides is 8. The van der Waals surface area contributed by atoms with Gasteiger partial charge in [-0.1, -0.05) is 86.3 Å². The first kappa shape index (κ1) is 56.3. The van der Waals surface area contributed by atoms with Crippen molar-refractivity contribution in [1.29, 1.82) is 0 Å². The van der Waals surface area contributed by atoms with Crippen LogP contribution in [0.2, 0.25) is 0 Å². The summed E-state index contributed by atoms with van der Waals surface area (Å²) in [6.45, 7) is 4.34. The van der Waals surface area contributed by atoms with E-state index in [-0.39, 0.29) is 84.5 Å². The van der Waals surface area contributed by atoms with E-state index in [4.69, 9.17) is 0 Å². The summed E-state index contributed by atoms with van der Waals surface area (Å²) in [7, 11) is 3.34. The van der Waals surface area contributed by atoms with Crippen LogP contribution in [0.25, 0.3) is 0 Å². The molecule has 76 heavy (non-hydrogen) atoms. The molecule has 0 aromatic heterocycles. The summed E-state index contributed by atoms with van der Waals surface area (Å²) in [5.74, 6) is -0.986. The molecule has 8 rings (SSSR count). The van der Waals surface area contributed by atoms with E-state index in [2.05, 4.69) is 56.2 Å². The van der Waals surface area contributed by atoms with Gasteiger partial charge in [-0.3, -0.25) is 38.4 Å². The van der Waals surface area contributed by atoms with Gasteiger partial charge >= 0.3 is 0 Å². The number of nitrogens with zero attached hydrogens (tertiary/aromatic N) is 4. The average molecular weight is 1050 g/mol. The van der Waals surface area contributed by atoms with E-state index in [1.807, 2.05) is 36.4 Å². The van der Waals surface area contributed by atoms with Gasteiger partial charge in [-0.25, -0.2) is 0 Å². The van der Waals surface area contributed by atoms with Crippen LogP contribution in [0.3, 0.4) is 0 Å². The van der Waals surface area contributed by atoms with E-state index in [1.54, 1.807) is 47.5 Å². The molecule has 4 saturated heterocycles. The maximum atomic E-state index is 14.4. The highest BCUT2D eigenvalue weighted by Crippen LogP contribution is 2.39. The van der Waals surface area contributed by atoms with Crippen molar-refractivity contribution in [1.82, 2.24) is 51.5 Å². The SMILES string of the molecule is CN[C@@H](C)C(=O)N[C@H]1CN(C(=O)CCCCCCCCC(=O)N2CC[C@H]3CC[C@@H](C(=O)NC4CC(c5ccccc5)C4)N3C(=O)[C@@H](NC(=O)[C@H](C)NC)C2)CC[C@H]2CCC(C(=O)NC3CC(c4ccccc4)C3)N2C1=O. The lowest BCUT2D eigenvalue weighted by Crippen LogP contribution is -2.62. The van der Waals surface area contributed by atoms with Crippen LogP contribution in [0.5, 0.6) is 0 Å². The fraction of sp³-hybridized carbons (Fsp3) is 0.655. The number of hydrogen-bond donors (Lipinski definition) is 6. The summed E-state index contributed by atoms with van der Waals surface area (Å²) in [6, 6.07) is 15.9. The van der Waals surface area contributed by atoms with E-state index in [9.17, 15) is 38.4 Å². The summed E-state index contributed by atoms with van der Waals surface area (Å²) in [5.41, 5.74) is 2.54. The van der Waals surface area contributed by atoms with Gasteiger partial charge in [0.2, 0.25) is 47.3 Å². The molecule has 2 aromatic rings. The standard InChI is InChI=1S/C58H84N10O8/c1-37(59-3)53(71)63-47-35-65(29-27-45-23-25-49(67(45)57(47)75)55(73)61-43-31-41(32-43)39-17-11-9-12-18-39)51(69)21-15-7-5-6-8-16-22-52(70)66-30-28-46-24-26-50(68(46)58(76)48(36-66)64-54(72)38(2)60-4)56(74)62-44-33-42(34-44)40-19-13-10-14-20-40/h9-14,17-20,37-38,41-50,59-60H,5-8,15-16,21-36H2,1-4H3,(H,61,73)(H,62,74)(H,63,71)(H,64,72)/t37-,38-,41?,42?,43?,44?,45+,46+,47-,48-,49-,50?/m0/s1. The second-order valence-electron chi connectivity index (χ2n) is 22.6. The molecule has 1 unspecified atom stereocenters. The average Bonchev–Trinajstić information content (AvgIpc) is 4.04. The van der Waals surface area contributed by atoms with E-state index in [0.29, 0.717) is 89.1 Å². The van der Waals surface area contributed by atoms with Gasteiger partial charge in [-0.05, 0) is 128 Å². The van der Waals surface area contributed by atoms with Crippen molar-refractivity contribution in [2.45, 2.75) is 202 Å². The second-order valence-corrected chi connectivity index (χ2v) is 22.6. The number of fused-ring (bicyclic) bond motifs is 2. The van der Waals surface area contributed by atoms with E-state index < -0.39 is 36.3 Å². The largest absolute Gasteiger partial charge is 0.352 e. The Bertz CT molecular complexity index is 2180. The molecule has 2 saturated carbocycles. The summed E-state index contributed by atoms with van der Waals surface area (Å²) < 4.78 is 0. The Labute approximate surface area is 449 Å². The zero-order valence-corrected chi connectivity index (χ0v) is 45.3. The van der Waals surface area contributed by atoms with Crippen LogP contribution in [0.4, 0.5) is 0 Å². The molecule has 414 valence electrons. The number of rotatable bonds is 21. The highest BCUT2D eigenvalue weighted by molar-refractivity contribution is 5.96. The van der Waals surface area contributed by atoms with E-state index >= 15 is 0 Å². The quantitative estimate of drug-likeness (QED) is 0.0998. The van der Waals surface area contributed by atoms with Crippen LogP contribution in [0.1, 0.15) is 152 Å². The Kier molecular flexibility index (Phi) is 19.6. The number of hydrogen-bond acceptors (Lipinski definition) is 10. The molecule has 0 bridgehead atoms. The molecule has 18 heteroatoms. The molecule has 8 amide bonds. The van der Waals surface area contributed by atoms with E-state index in [0.717, 1.165) is 51.4 Å². The maximum absolute atomic E-state index is 14.4. The number of carbonyl (C=O) groups is 8. The smallest absolute Gasteiger partial charge is 0.247 e. The zero-order valence-electron chi connectivity index (χ0n) is 45.3. The third kappa shape index (κ3) is 13.8. The van der Waals surface area contributed by atoms with Crippen LogP contribution >= 0.6 is 0 Å². The first-order chi connectivity index (χ1) is 36.7. The minimum Gasteiger partial charge on any atom is -0.352 e. The second kappa shape index (κ2) is 26.4. The highest BCUT2D eigenvalue weighted by atomic mass is 16.2.